The van der Waals surface area contributed by atoms with Crippen LogP contribution in [-0.2, 0) is 6.42 Å². The largest absolute Gasteiger partial charge is 0.390 e. The maximum atomic E-state index is 10.9. The number of hydrogen-bond donors (Lipinski definition) is 2. The lowest BCUT2D eigenvalue weighted by Crippen LogP contribution is -2.63. The van der Waals surface area contributed by atoms with E-state index in [1.165, 1.54) is 18.4 Å². The number of benzene rings is 1. The molecule has 0 saturated heterocycles. The van der Waals surface area contributed by atoms with E-state index in [0.717, 1.165) is 36.5 Å². The first-order valence-corrected chi connectivity index (χ1v) is 11.6. The molecule has 4 bridgehead atoms. The summed E-state index contributed by atoms with van der Waals surface area (Å²) in [7, 11) is 2.10. The third-order valence-electron chi connectivity index (χ3n) is 7.87. The van der Waals surface area contributed by atoms with Gasteiger partial charge in [0.1, 0.15) is 5.84 Å². The fourth-order valence-corrected chi connectivity index (χ4v) is 6.49. The van der Waals surface area contributed by atoms with Gasteiger partial charge >= 0.3 is 0 Å². The van der Waals surface area contributed by atoms with Crippen LogP contribution in [0.15, 0.2) is 29.3 Å². The monoisotopic (exact) mass is 428 g/mol. The number of rotatable bonds is 6. The van der Waals surface area contributed by atoms with E-state index in [4.69, 9.17) is 11.6 Å². The van der Waals surface area contributed by atoms with Gasteiger partial charge in [0, 0.05) is 17.1 Å². The SMILES string of the molecule is CC(Cc1ccc(Cl)cc1)N(C)C(C)/C(=N\C#N)NC1C2CC3CC1CC(O)(C3)C2. The van der Waals surface area contributed by atoms with Crippen LogP contribution in [0.4, 0.5) is 0 Å². The van der Waals surface area contributed by atoms with Gasteiger partial charge in [-0.3, -0.25) is 4.90 Å². The van der Waals surface area contributed by atoms with Crippen molar-refractivity contribution in [2.45, 2.75) is 76.1 Å². The van der Waals surface area contributed by atoms with Crippen LogP contribution in [-0.4, -0.2) is 46.6 Å². The van der Waals surface area contributed by atoms with Crippen LogP contribution < -0.4 is 5.32 Å². The van der Waals surface area contributed by atoms with E-state index in [-0.39, 0.29) is 12.1 Å². The molecule has 1 aromatic rings. The molecule has 4 fully saturated rings. The lowest BCUT2D eigenvalue weighted by atomic mass is 9.52. The molecule has 0 heterocycles. The first-order chi connectivity index (χ1) is 14.3. The second-order valence-corrected chi connectivity index (χ2v) is 10.4. The van der Waals surface area contributed by atoms with E-state index in [2.05, 4.69) is 48.2 Å². The Bertz CT molecular complexity index is 817. The van der Waals surface area contributed by atoms with Crippen molar-refractivity contribution in [1.82, 2.24) is 10.2 Å². The Hall–Kier alpha value is -1.61. The Morgan fingerprint density at radius 3 is 2.47 bits per heavy atom. The summed E-state index contributed by atoms with van der Waals surface area (Å²) in [5.41, 5.74) is 0.795. The lowest BCUT2D eigenvalue weighted by molar-refractivity contribution is -0.136. The summed E-state index contributed by atoms with van der Waals surface area (Å²) >= 11 is 6.01. The van der Waals surface area contributed by atoms with Gasteiger partial charge < -0.3 is 10.4 Å². The van der Waals surface area contributed by atoms with Crippen LogP contribution in [0.5, 0.6) is 0 Å². The molecule has 4 aliphatic rings. The number of aliphatic imine (C=N–C) groups is 1. The van der Waals surface area contributed by atoms with E-state index in [9.17, 15) is 10.4 Å². The molecule has 30 heavy (non-hydrogen) atoms. The molecule has 5 rings (SSSR count). The third kappa shape index (κ3) is 4.37. The van der Waals surface area contributed by atoms with Crippen molar-refractivity contribution in [2.75, 3.05) is 7.05 Å². The first kappa shape index (κ1) is 21.6. The van der Waals surface area contributed by atoms with Gasteiger partial charge in [0.05, 0.1) is 11.6 Å². The number of nitrogens with one attached hydrogen (secondary N) is 1. The highest BCUT2D eigenvalue weighted by Crippen LogP contribution is 2.55. The minimum atomic E-state index is -0.448. The second kappa shape index (κ2) is 8.49. The highest BCUT2D eigenvalue weighted by molar-refractivity contribution is 6.30. The van der Waals surface area contributed by atoms with Gasteiger partial charge in [0.25, 0.3) is 0 Å². The van der Waals surface area contributed by atoms with Gasteiger partial charge in [-0.25, -0.2) is 0 Å². The highest BCUT2D eigenvalue weighted by Gasteiger charge is 2.55. The van der Waals surface area contributed by atoms with Crippen LogP contribution in [0.2, 0.25) is 5.02 Å². The van der Waals surface area contributed by atoms with Gasteiger partial charge in [-0.2, -0.15) is 10.3 Å². The van der Waals surface area contributed by atoms with Crippen LogP contribution in [0.3, 0.4) is 0 Å². The van der Waals surface area contributed by atoms with Gasteiger partial charge in [0.15, 0.2) is 0 Å². The zero-order valence-corrected chi connectivity index (χ0v) is 18.9. The molecular formula is C24H33ClN4O. The molecule has 4 aliphatic carbocycles. The topological polar surface area (TPSA) is 71.7 Å². The zero-order chi connectivity index (χ0) is 21.5. The van der Waals surface area contributed by atoms with Crippen LogP contribution in [0, 0.1) is 29.2 Å². The van der Waals surface area contributed by atoms with Crippen LogP contribution >= 0.6 is 11.6 Å². The summed E-state index contributed by atoms with van der Waals surface area (Å²) in [5.74, 6) is 2.39. The normalized spacial score (nSPS) is 34.6. The molecule has 2 N–H and O–H groups in total. The summed E-state index contributed by atoms with van der Waals surface area (Å²) < 4.78 is 0. The Morgan fingerprint density at radius 1 is 1.27 bits per heavy atom. The maximum Gasteiger partial charge on any atom is 0.207 e. The van der Waals surface area contributed by atoms with Gasteiger partial charge in [-0.05, 0) is 94.9 Å². The summed E-state index contributed by atoms with van der Waals surface area (Å²) in [4.78, 5) is 6.48. The second-order valence-electron chi connectivity index (χ2n) is 9.98. The fraction of sp³-hybridized carbons (Fsp3) is 0.667. The van der Waals surface area contributed by atoms with Gasteiger partial charge in [0.2, 0.25) is 6.19 Å². The number of halogens is 1. The fourth-order valence-electron chi connectivity index (χ4n) is 6.37. The van der Waals surface area contributed by atoms with Gasteiger partial charge in [-0.15, -0.1) is 0 Å². The number of nitrogens with zero attached hydrogens (tertiary/aromatic N) is 3. The minimum Gasteiger partial charge on any atom is -0.390 e. The summed E-state index contributed by atoms with van der Waals surface area (Å²) in [5, 5.41) is 24.6. The predicted molar refractivity (Wildman–Crippen MR) is 120 cm³/mol. The van der Waals surface area contributed by atoms with E-state index < -0.39 is 5.60 Å². The highest BCUT2D eigenvalue weighted by atomic mass is 35.5. The van der Waals surface area contributed by atoms with Crippen LogP contribution in [0.1, 0.15) is 51.5 Å². The quantitative estimate of drug-likeness (QED) is 0.408. The molecule has 0 radical (unpaired) electrons. The van der Waals surface area contributed by atoms with Crippen molar-refractivity contribution >= 4 is 17.4 Å². The molecule has 5 nitrogen and oxygen atoms in total. The molecule has 0 amide bonds. The van der Waals surface area contributed by atoms with E-state index >= 15 is 0 Å². The number of likely N-dealkylation sites (N-methyl/N-ethyl adjacent to an activating group) is 1. The molecule has 0 aromatic heterocycles. The number of hydrogen-bond acceptors (Lipinski definition) is 4. The standard InChI is InChI=1S/C24H33ClN4O/c1-15(8-17-4-6-21(25)7-5-17)29(3)16(2)23(27-14-26)28-22-19-9-18-10-20(22)13-24(30,11-18)12-19/h4-7,15-16,18-20,22,30H,8-13H2,1-3H3,(H,27,28). The molecule has 6 heteroatoms. The minimum absolute atomic E-state index is 0.00669. The van der Waals surface area contributed by atoms with Crippen molar-refractivity contribution in [1.29, 1.82) is 5.26 Å². The van der Waals surface area contributed by atoms with E-state index in [1.54, 1.807) is 0 Å². The molecule has 4 unspecified atom stereocenters. The summed E-state index contributed by atoms with van der Waals surface area (Å²) in [6.45, 7) is 4.32. The lowest BCUT2D eigenvalue weighted by Gasteiger charge is -2.58. The Morgan fingerprint density at radius 2 is 1.90 bits per heavy atom. The zero-order valence-electron chi connectivity index (χ0n) is 18.2. The molecular weight excluding hydrogens is 396 g/mol. The maximum absolute atomic E-state index is 10.9. The molecule has 4 atom stereocenters. The van der Waals surface area contributed by atoms with Crippen LogP contribution in [0.25, 0.3) is 0 Å². The van der Waals surface area contributed by atoms with Gasteiger partial charge in [-0.1, -0.05) is 23.7 Å². The Kier molecular flexibility index (Phi) is 6.12. The average Bonchev–Trinajstić information content (AvgIpc) is 2.69. The summed E-state index contributed by atoms with van der Waals surface area (Å²) in [6, 6.07) is 8.60. The number of nitriles is 1. The molecule has 0 aliphatic heterocycles. The van der Waals surface area contributed by atoms with Crippen molar-refractivity contribution in [3.8, 4) is 6.19 Å². The third-order valence-corrected chi connectivity index (χ3v) is 8.12. The molecule has 1 aromatic carbocycles. The van der Waals surface area contributed by atoms with Crippen molar-refractivity contribution in [2.24, 2.45) is 22.7 Å². The van der Waals surface area contributed by atoms with E-state index in [0.29, 0.717) is 23.8 Å². The number of aliphatic hydroxyl groups is 1. The predicted octanol–water partition coefficient (Wildman–Crippen LogP) is 4.00. The van der Waals surface area contributed by atoms with Crippen molar-refractivity contribution in [3.05, 3.63) is 34.9 Å². The van der Waals surface area contributed by atoms with E-state index in [1.807, 2.05) is 18.3 Å². The van der Waals surface area contributed by atoms with Crippen molar-refractivity contribution in [3.63, 3.8) is 0 Å². The smallest absolute Gasteiger partial charge is 0.207 e. The first-order valence-electron chi connectivity index (χ1n) is 11.2. The molecule has 162 valence electrons. The Labute approximate surface area is 185 Å². The number of amidine groups is 1. The van der Waals surface area contributed by atoms with Crippen molar-refractivity contribution < 1.29 is 5.11 Å². The molecule has 4 saturated carbocycles. The summed E-state index contributed by atoms with van der Waals surface area (Å²) in [6.07, 6.45) is 8.04. The molecule has 0 spiro atoms. The average molecular weight is 429 g/mol. The Balaban J connectivity index is 1.43.